The Hall–Kier alpha value is -2.07. The number of nitrogens with two attached hydrogens (primary N) is 1. The molecule has 0 aromatic heterocycles. The van der Waals surface area contributed by atoms with Crippen molar-refractivity contribution >= 4 is 5.69 Å². The highest BCUT2D eigenvalue weighted by atomic mass is 19.1. The van der Waals surface area contributed by atoms with Gasteiger partial charge in [0.2, 0.25) is 0 Å². The molecular formula is C16H19FN2O. The Morgan fingerprint density at radius 2 is 1.95 bits per heavy atom. The van der Waals surface area contributed by atoms with Crippen LogP contribution in [-0.2, 0) is 0 Å². The van der Waals surface area contributed by atoms with Crippen molar-refractivity contribution in [1.82, 2.24) is 0 Å². The summed E-state index contributed by atoms with van der Waals surface area (Å²) in [4.78, 5) is 1.93. The van der Waals surface area contributed by atoms with Crippen LogP contribution < -0.4 is 15.4 Å². The largest absolute Gasteiger partial charge is 0.496 e. The Morgan fingerprint density at radius 3 is 2.65 bits per heavy atom. The molecule has 1 atom stereocenters. The van der Waals surface area contributed by atoms with Crippen molar-refractivity contribution in [3.05, 3.63) is 59.9 Å². The molecule has 0 saturated heterocycles. The van der Waals surface area contributed by atoms with Gasteiger partial charge in [0, 0.05) is 24.8 Å². The monoisotopic (exact) mass is 274 g/mol. The van der Waals surface area contributed by atoms with Crippen molar-refractivity contribution < 1.29 is 9.13 Å². The van der Waals surface area contributed by atoms with Crippen molar-refractivity contribution in [2.45, 2.75) is 6.04 Å². The molecule has 0 spiro atoms. The molecule has 0 aliphatic rings. The van der Waals surface area contributed by atoms with Gasteiger partial charge < -0.3 is 15.4 Å². The summed E-state index contributed by atoms with van der Waals surface area (Å²) in [6, 6.07) is 13.9. The van der Waals surface area contributed by atoms with E-state index in [4.69, 9.17) is 10.5 Å². The van der Waals surface area contributed by atoms with E-state index in [0.29, 0.717) is 6.54 Å². The molecule has 0 heterocycles. The summed E-state index contributed by atoms with van der Waals surface area (Å²) >= 11 is 0. The van der Waals surface area contributed by atoms with Crippen LogP contribution in [0.2, 0.25) is 0 Å². The molecular weight excluding hydrogens is 255 g/mol. The van der Waals surface area contributed by atoms with E-state index < -0.39 is 0 Å². The third-order valence-electron chi connectivity index (χ3n) is 3.26. The highest BCUT2D eigenvalue weighted by Crippen LogP contribution is 2.25. The molecule has 0 aliphatic carbocycles. The van der Waals surface area contributed by atoms with E-state index in [0.717, 1.165) is 17.0 Å². The van der Waals surface area contributed by atoms with Gasteiger partial charge in [0.05, 0.1) is 13.2 Å². The van der Waals surface area contributed by atoms with E-state index in [1.807, 2.05) is 42.3 Å². The first-order chi connectivity index (χ1) is 9.61. The summed E-state index contributed by atoms with van der Waals surface area (Å²) in [5.74, 6) is 0.521. The lowest BCUT2D eigenvalue weighted by atomic mass is 10.1. The molecule has 1 unspecified atom stereocenters. The smallest absolute Gasteiger partial charge is 0.125 e. The molecule has 106 valence electrons. The molecule has 2 aromatic rings. The topological polar surface area (TPSA) is 38.5 Å². The summed E-state index contributed by atoms with van der Waals surface area (Å²) in [5, 5.41) is 0. The molecule has 3 nitrogen and oxygen atoms in total. The lowest BCUT2D eigenvalue weighted by Crippen LogP contribution is -2.29. The van der Waals surface area contributed by atoms with Crippen molar-refractivity contribution in [2.75, 3.05) is 25.6 Å². The molecule has 20 heavy (non-hydrogen) atoms. The summed E-state index contributed by atoms with van der Waals surface area (Å²) in [7, 11) is 3.52. The van der Waals surface area contributed by atoms with Crippen LogP contribution in [0.4, 0.5) is 10.1 Å². The lowest BCUT2D eigenvalue weighted by molar-refractivity contribution is 0.405. The van der Waals surface area contributed by atoms with Crippen molar-refractivity contribution in [3.8, 4) is 5.75 Å². The number of benzene rings is 2. The summed E-state index contributed by atoms with van der Waals surface area (Å²) in [5.41, 5.74) is 7.98. The number of rotatable bonds is 5. The second kappa shape index (κ2) is 6.39. The zero-order valence-electron chi connectivity index (χ0n) is 11.7. The van der Waals surface area contributed by atoms with Gasteiger partial charge in [-0.2, -0.15) is 0 Å². The average Bonchev–Trinajstić information content (AvgIpc) is 2.47. The minimum absolute atomic E-state index is 0.209. The molecule has 0 radical (unpaired) electrons. The van der Waals surface area contributed by atoms with Crippen LogP contribution in [0.15, 0.2) is 48.5 Å². The Balaban J connectivity index is 2.13. The first-order valence-electron chi connectivity index (χ1n) is 6.47. The number of hydrogen-bond donors (Lipinski definition) is 1. The van der Waals surface area contributed by atoms with Gasteiger partial charge in [-0.05, 0) is 24.3 Å². The fraction of sp³-hybridized carbons (Fsp3) is 0.250. The van der Waals surface area contributed by atoms with Gasteiger partial charge in [-0.15, -0.1) is 0 Å². The van der Waals surface area contributed by atoms with E-state index >= 15 is 0 Å². The third-order valence-corrected chi connectivity index (χ3v) is 3.26. The van der Waals surface area contributed by atoms with Crippen molar-refractivity contribution in [2.24, 2.45) is 5.73 Å². The summed E-state index contributed by atoms with van der Waals surface area (Å²) < 4.78 is 18.5. The van der Waals surface area contributed by atoms with E-state index in [-0.39, 0.29) is 11.9 Å². The summed E-state index contributed by atoms with van der Waals surface area (Å²) in [6.07, 6.45) is 0. The lowest BCUT2D eigenvalue weighted by Gasteiger charge is -2.24. The SMILES string of the molecule is COc1ccccc1C(N)CN(C)c1cccc(F)c1. The van der Waals surface area contributed by atoms with Gasteiger partial charge in [-0.25, -0.2) is 4.39 Å². The van der Waals surface area contributed by atoms with E-state index in [9.17, 15) is 4.39 Å². The molecule has 0 bridgehead atoms. The average molecular weight is 274 g/mol. The maximum Gasteiger partial charge on any atom is 0.125 e. The molecule has 4 heteroatoms. The molecule has 0 aliphatic heterocycles. The second-order valence-electron chi connectivity index (χ2n) is 4.71. The fourth-order valence-corrected chi connectivity index (χ4v) is 2.19. The van der Waals surface area contributed by atoms with Gasteiger partial charge in [-0.3, -0.25) is 0 Å². The first kappa shape index (κ1) is 14.3. The minimum Gasteiger partial charge on any atom is -0.496 e. The fourth-order valence-electron chi connectivity index (χ4n) is 2.19. The van der Waals surface area contributed by atoms with Crippen molar-refractivity contribution in [1.29, 1.82) is 0 Å². The number of likely N-dealkylation sites (N-methyl/N-ethyl adjacent to an activating group) is 1. The number of halogens is 1. The van der Waals surface area contributed by atoms with Crippen LogP contribution in [0.1, 0.15) is 11.6 Å². The van der Waals surface area contributed by atoms with E-state index in [1.54, 1.807) is 13.2 Å². The first-order valence-corrected chi connectivity index (χ1v) is 6.47. The van der Waals surface area contributed by atoms with Gasteiger partial charge >= 0.3 is 0 Å². The molecule has 2 aromatic carbocycles. The maximum absolute atomic E-state index is 13.2. The van der Waals surface area contributed by atoms with E-state index in [1.165, 1.54) is 12.1 Å². The number of nitrogens with zero attached hydrogens (tertiary/aromatic N) is 1. The predicted octanol–water partition coefficient (Wildman–Crippen LogP) is 2.97. The van der Waals surface area contributed by atoms with Crippen molar-refractivity contribution in [3.63, 3.8) is 0 Å². The molecule has 2 rings (SSSR count). The number of para-hydroxylation sites is 1. The standard InChI is InChI=1S/C16H19FN2O/c1-19(13-7-5-6-12(17)10-13)11-15(18)14-8-3-4-9-16(14)20-2/h3-10,15H,11,18H2,1-2H3. The Labute approximate surface area is 118 Å². The molecule has 0 saturated carbocycles. The van der Waals surface area contributed by atoms with Crippen LogP contribution in [0.3, 0.4) is 0 Å². The highest BCUT2D eigenvalue weighted by Gasteiger charge is 2.14. The summed E-state index contributed by atoms with van der Waals surface area (Å²) in [6.45, 7) is 0.573. The maximum atomic E-state index is 13.2. The number of anilines is 1. The van der Waals surface area contributed by atoms with Gasteiger partial charge in [0.25, 0.3) is 0 Å². The normalized spacial score (nSPS) is 12.0. The Bertz CT molecular complexity index is 574. The second-order valence-corrected chi connectivity index (χ2v) is 4.71. The van der Waals surface area contributed by atoms with Crippen LogP contribution in [0, 0.1) is 5.82 Å². The zero-order valence-corrected chi connectivity index (χ0v) is 11.7. The van der Waals surface area contributed by atoms with Crippen LogP contribution in [0.25, 0.3) is 0 Å². The molecule has 0 amide bonds. The predicted molar refractivity (Wildman–Crippen MR) is 79.6 cm³/mol. The van der Waals surface area contributed by atoms with Crippen LogP contribution in [0.5, 0.6) is 5.75 Å². The van der Waals surface area contributed by atoms with Gasteiger partial charge in [0.1, 0.15) is 11.6 Å². The quantitative estimate of drug-likeness (QED) is 0.911. The van der Waals surface area contributed by atoms with Gasteiger partial charge in [0.15, 0.2) is 0 Å². The number of hydrogen-bond acceptors (Lipinski definition) is 3. The van der Waals surface area contributed by atoms with E-state index in [2.05, 4.69) is 0 Å². The molecule has 0 fully saturated rings. The third kappa shape index (κ3) is 3.27. The highest BCUT2D eigenvalue weighted by molar-refractivity contribution is 5.46. The minimum atomic E-state index is -0.250. The van der Waals surface area contributed by atoms with Gasteiger partial charge in [-0.1, -0.05) is 24.3 Å². The van der Waals surface area contributed by atoms with Crippen LogP contribution in [-0.4, -0.2) is 20.7 Å². The van der Waals surface area contributed by atoms with Crippen LogP contribution >= 0.6 is 0 Å². The zero-order chi connectivity index (χ0) is 14.5. The Kier molecular flexibility index (Phi) is 4.58. The number of methoxy groups -OCH3 is 1. The number of ether oxygens (including phenoxy) is 1. The molecule has 2 N–H and O–H groups in total. The Morgan fingerprint density at radius 1 is 1.20 bits per heavy atom.